The number of nitrogens with one attached hydrogen (secondary N) is 1. The van der Waals surface area contributed by atoms with Gasteiger partial charge in [-0.1, -0.05) is 32.8 Å². The molecular formula is C14H28N4O. The summed E-state index contributed by atoms with van der Waals surface area (Å²) in [5, 5.41) is 11.6. The molecule has 1 heterocycles. The summed E-state index contributed by atoms with van der Waals surface area (Å²) in [5.41, 5.74) is 0.162. The lowest BCUT2D eigenvalue weighted by atomic mass is 9.87. The normalized spacial score (nSPS) is 15.3. The first-order chi connectivity index (χ1) is 8.77. The minimum absolute atomic E-state index is 0.0968. The fraction of sp³-hybridized carbons (Fsp3) is 0.857. The average molecular weight is 268 g/mol. The van der Waals surface area contributed by atoms with Crippen LogP contribution < -0.4 is 10.2 Å². The van der Waals surface area contributed by atoms with E-state index in [1.807, 2.05) is 18.9 Å². The topological polar surface area (TPSA) is 54.2 Å². The van der Waals surface area contributed by atoms with Crippen LogP contribution in [0.5, 0.6) is 0 Å². The number of hydrogen-bond acceptors (Lipinski definition) is 5. The lowest BCUT2D eigenvalue weighted by molar-refractivity contribution is 0.314. The van der Waals surface area contributed by atoms with Crippen LogP contribution in [0.3, 0.4) is 0 Å². The highest BCUT2D eigenvalue weighted by atomic mass is 16.4. The SMILES string of the molecule is CCCNC(C)c1nnc(N(C)C(C)C(C)(C)C)o1. The minimum Gasteiger partial charge on any atom is -0.406 e. The molecule has 2 atom stereocenters. The van der Waals surface area contributed by atoms with Crippen LogP contribution in [0.15, 0.2) is 4.42 Å². The third kappa shape index (κ3) is 4.20. The van der Waals surface area contributed by atoms with Gasteiger partial charge in [0.05, 0.1) is 6.04 Å². The maximum absolute atomic E-state index is 5.76. The molecule has 2 unspecified atom stereocenters. The van der Waals surface area contributed by atoms with Gasteiger partial charge in [-0.3, -0.25) is 0 Å². The quantitative estimate of drug-likeness (QED) is 0.859. The van der Waals surface area contributed by atoms with Crippen molar-refractivity contribution in [1.82, 2.24) is 15.5 Å². The number of hydrogen-bond donors (Lipinski definition) is 1. The first-order valence-electron chi connectivity index (χ1n) is 7.07. The Labute approximate surface area is 116 Å². The molecule has 1 N–H and O–H groups in total. The van der Waals surface area contributed by atoms with E-state index in [1.165, 1.54) is 0 Å². The molecule has 0 saturated carbocycles. The Hall–Kier alpha value is -1.10. The lowest BCUT2D eigenvalue weighted by Gasteiger charge is -2.34. The minimum atomic E-state index is 0.0968. The molecule has 0 aliphatic carbocycles. The molecule has 19 heavy (non-hydrogen) atoms. The van der Waals surface area contributed by atoms with Crippen LogP contribution in [0.2, 0.25) is 0 Å². The second kappa shape index (κ2) is 6.37. The molecule has 0 amide bonds. The van der Waals surface area contributed by atoms with Crippen LogP contribution in [0.4, 0.5) is 6.01 Å². The van der Waals surface area contributed by atoms with Gasteiger partial charge in [0.1, 0.15) is 0 Å². The zero-order valence-corrected chi connectivity index (χ0v) is 13.3. The third-order valence-electron chi connectivity index (χ3n) is 3.64. The molecule has 110 valence electrons. The Morgan fingerprint density at radius 1 is 1.26 bits per heavy atom. The molecule has 0 bridgehead atoms. The predicted molar refractivity (Wildman–Crippen MR) is 78.3 cm³/mol. The van der Waals surface area contributed by atoms with Crippen molar-refractivity contribution in [3.05, 3.63) is 5.89 Å². The summed E-state index contributed by atoms with van der Waals surface area (Å²) in [6.45, 7) is 13.9. The molecule has 1 aromatic rings. The fourth-order valence-corrected chi connectivity index (χ4v) is 1.74. The highest BCUT2D eigenvalue weighted by Gasteiger charge is 2.27. The van der Waals surface area contributed by atoms with Gasteiger partial charge in [-0.2, -0.15) is 0 Å². The predicted octanol–water partition coefficient (Wildman–Crippen LogP) is 3.00. The first-order valence-corrected chi connectivity index (χ1v) is 7.07. The van der Waals surface area contributed by atoms with Gasteiger partial charge in [0.25, 0.3) is 0 Å². The largest absolute Gasteiger partial charge is 0.406 e. The second-order valence-electron chi connectivity index (χ2n) is 6.25. The lowest BCUT2D eigenvalue weighted by Crippen LogP contribution is -2.39. The Bertz CT molecular complexity index is 383. The number of nitrogens with zero attached hydrogens (tertiary/aromatic N) is 3. The average Bonchev–Trinajstić information content (AvgIpc) is 2.82. The summed E-state index contributed by atoms with van der Waals surface area (Å²) in [6.07, 6.45) is 1.09. The van der Waals surface area contributed by atoms with E-state index in [9.17, 15) is 0 Å². The summed E-state index contributed by atoms with van der Waals surface area (Å²) in [6, 6.07) is 1.00. The van der Waals surface area contributed by atoms with Crippen molar-refractivity contribution in [2.45, 2.75) is 60.0 Å². The van der Waals surface area contributed by atoms with Crippen LogP contribution in [0, 0.1) is 5.41 Å². The van der Waals surface area contributed by atoms with E-state index in [2.05, 4.69) is 50.1 Å². The van der Waals surface area contributed by atoms with Crippen molar-refractivity contribution in [3.8, 4) is 0 Å². The van der Waals surface area contributed by atoms with Crippen molar-refractivity contribution in [1.29, 1.82) is 0 Å². The van der Waals surface area contributed by atoms with Gasteiger partial charge in [0.15, 0.2) is 0 Å². The second-order valence-corrected chi connectivity index (χ2v) is 6.25. The van der Waals surface area contributed by atoms with Gasteiger partial charge in [-0.05, 0) is 32.2 Å². The summed E-state index contributed by atoms with van der Waals surface area (Å²) in [7, 11) is 2.00. The molecule has 0 aromatic carbocycles. The standard InChI is InChI=1S/C14H28N4O/c1-8-9-15-10(2)12-16-17-13(19-12)18(7)11(3)14(4,5)6/h10-11,15H,8-9H2,1-7H3. The van der Waals surface area contributed by atoms with Crippen molar-refractivity contribution in [2.24, 2.45) is 5.41 Å². The van der Waals surface area contributed by atoms with Crippen LogP contribution in [0.1, 0.15) is 59.9 Å². The third-order valence-corrected chi connectivity index (χ3v) is 3.64. The van der Waals surface area contributed by atoms with Crippen LogP contribution in [-0.2, 0) is 0 Å². The highest BCUT2D eigenvalue weighted by Crippen LogP contribution is 2.27. The molecule has 1 rings (SSSR count). The fourth-order valence-electron chi connectivity index (χ4n) is 1.74. The van der Waals surface area contributed by atoms with E-state index in [1.54, 1.807) is 0 Å². The van der Waals surface area contributed by atoms with Gasteiger partial charge in [0.2, 0.25) is 5.89 Å². The number of aromatic nitrogens is 2. The Kier molecular flexibility index (Phi) is 5.35. The van der Waals surface area contributed by atoms with E-state index < -0.39 is 0 Å². The molecule has 0 spiro atoms. The summed E-state index contributed by atoms with van der Waals surface area (Å²) < 4.78 is 5.76. The van der Waals surface area contributed by atoms with Crippen molar-refractivity contribution < 1.29 is 4.42 Å². The smallest absolute Gasteiger partial charge is 0.318 e. The van der Waals surface area contributed by atoms with Gasteiger partial charge in [-0.15, -0.1) is 5.10 Å². The maximum Gasteiger partial charge on any atom is 0.318 e. The van der Waals surface area contributed by atoms with Crippen LogP contribution >= 0.6 is 0 Å². The maximum atomic E-state index is 5.76. The van der Waals surface area contributed by atoms with E-state index in [-0.39, 0.29) is 11.5 Å². The van der Waals surface area contributed by atoms with E-state index >= 15 is 0 Å². The molecule has 0 aliphatic heterocycles. The number of anilines is 1. The van der Waals surface area contributed by atoms with Crippen molar-refractivity contribution in [2.75, 3.05) is 18.5 Å². The molecule has 1 aromatic heterocycles. The van der Waals surface area contributed by atoms with Gasteiger partial charge in [0, 0.05) is 13.1 Å². The Balaban J connectivity index is 2.73. The first kappa shape index (κ1) is 16.0. The molecule has 5 heteroatoms. The highest BCUT2D eigenvalue weighted by molar-refractivity contribution is 5.25. The van der Waals surface area contributed by atoms with Gasteiger partial charge >= 0.3 is 6.01 Å². The summed E-state index contributed by atoms with van der Waals surface area (Å²) >= 11 is 0. The monoisotopic (exact) mass is 268 g/mol. The Morgan fingerprint density at radius 2 is 1.89 bits per heavy atom. The zero-order chi connectivity index (χ0) is 14.6. The van der Waals surface area contributed by atoms with Crippen molar-refractivity contribution in [3.63, 3.8) is 0 Å². The van der Waals surface area contributed by atoms with Crippen molar-refractivity contribution >= 4 is 6.01 Å². The molecule has 0 aliphatic rings. The summed E-state index contributed by atoms with van der Waals surface area (Å²) in [5.74, 6) is 0.649. The van der Waals surface area contributed by atoms with Crippen LogP contribution in [-0.4, -0.2) is 29.8 Å². The molecular weight excluding hydrogens is 240 g/mol. The van der Waals surface area contributed by atoms with E-state index in [4.69, 9.17) is 4.42 Å². The Morgan fingerprint density at radius 3 is 2.42 bits per heavy atom. The van der Waals surface area contributed by atoms with E-state index in [0.29, 0.717) is 17.9 Å². The van der Waals surface area contributed by atoms with E-state index in [0.717, 1.165) is 13.0 Å². The molecule has 0 saturated heterocycles. The summed E-state index contributed by atoms with van der Waals surface area (Å²) in [4.78, 5) is 2.04. The molecule has 0 fully saturated rings. The molecule has 0 radical (unpaired) electrons. The molecule has 5 nitrogen and oxygen atoms in total. The van der Waals surface area contributed by atoms with Gasteiger partial charge in [-0.25, -0.2) is 0 Å². The zero-order valence-electron chi connectivity index (χ0n) is 13.3. The number of rotatable bonds is 6. The van der Waals surface area contributed by atoms with Gasteiger partial charge < -0.3 is 14.6 Å². The van der Waals surface area contributed by atoms with Crippen LogP contribution in [0.25, 0.3) is 0 Å².